The van der Waals surface area contributed by atoms with Gasteiger partial charge >= 0.3 is 5.97 Å². The van der Waals surface area contributed by atoms with Crippen LogP contribution in [0, 0.1) is 0 Å². The summed E-state index contributed by atoms with van der Waals surface area (Å²) in [6.45, 7) is 3.16. The lowest BCUT2D eigenvalue weighted by atomic mass is 10.0. The van der Waals surface area contributed by atoms with E-state index in [-0.39, 0.29) is 5.82 Å². The number of hydrogen-bond donors (Lipinski definition) is 0. The molecule has 0 amide bonds. The minimum absolute atomic E-state index is 0.128. The van der Waals surface area contributed by atoms with Gasteiger partial charge in [0.05, 0.1) is 7.11 Å². The number of anilines is 1. The first-order chi connectivity index (χ1) is 8.22. The smallest absolute Gasteiger partial charge is 0.376 e. The minimum Gasteiger partial charge on any atom is -0.463 e. The van der Waals surface area contributed by atoms with Crippen molar-refractivity contribution in [2.75, 3.05) is 18.6 Å². The van der Waals surface area contributed by atoms with Gasteiger partial charge in [-0.2, -0.15) is 0 Å². The summed E-state index contributed by atoms with van der Waals surface area (Å²) in [6.07, 6.45) is 5.20. The van der Waals surface area contributed by atoms with Crippen molar-refractivity contribution in [2.24, 2.45) is 0 Å². The maximum absolute atomic E-state index is 11.4. The average Bonchev–Trinajstić information content (AvgIpc) is 2.38. The molecule has 5 nitrogen and oxygen atoms in total. The van der Waals surface area contributed by atoms with Crippen molar-refractivity contribution in [1.82, 2.24) is 9.97 Å². The number of methoxy groups -OCH3 is 1. The summed E-state index contributed by atoms with van der Waals surface area (Å²) in [5.41, 5.74) is 0. The predicted molar refractivity (Wildman–Crippen MR) is 64.0 cm³/mol. The maximum Gasteiger partial charge on any atom is 0.376 e. The summed E-state index contributed by atoms with van der Waals surface area (Å²) in [6, 6.07) is 2.30. The van der Waals surface area contributed by atoms with E-state index in [4.69, 9.17) is 0 Å². The summed E-state index contributed by atoms with van der Waals surface area (Å²) in [5.74, 6) is 0.451. The SMILES string of the molecule is COC(=O)c1nccc(N2CCCCC2C)n1. The third-order valence-corrected chi connectivity index (χ3v) is 3.11. The highest BCUT2D eigenvalue weighted by atomic mass is 16.5. The van der Waals surface area contributed by atoms with Gasteiger partial charge in [0.1, 0.15) is 5.82 Å². The zero-order chi connectivity index (χ0) is 12.3. The fourth-order valence-corrected chi connectivity index (χ4v) is 2.14. The predicted octanol–water partition coefficient (Wildman–Crippen LogP) is 1.64. The van der Waals surface area contributed by atoms with Gasteiger partial charge in [-0.15, -0.1) is 0 Å². The van der Waals surface area contributed by atoms with Gasteiger partial charge in [-0.3, -0.25) is 0 Å². The lowest BCUT2D eigenvalue weighted by molar-refractivity contribution is 0.0586. The van der Waals surface area contributed by atoms with Gasteiger partial charge in [-0.25, -0.2) is 14.8 Å². The summed E-state index contributed by atoms with van der Waals surface area (Å²) >= 11 is 0. The number of esters is 1. The number of carbonyl (C=O) groups is 1. The number of aromatic nitrogens is 2. The molecular formula is C12H17N3O2. The third kappa shape index (κ3) is 2.54. The first-order valence-electron chi connectivity index (χ1n) is 5.90. The molecule has 1 aromatic rings. The Morgan fingerprint density at radius 1 is 1.53 bits per heavy atom. The molecule has 1 atom stereocenters. The van der Waals surface area contributed by atoms with Crippen molar-refractivity contribution in [3.8, 4) is 0 Å². The highest BCUT2D eigenvalue weighted by Gasteiger charge is 2.21. The molecular weight excluding hydrogens is 218 g/mol. The monoisotopic (exact) mass is 235 g/mol. The van der Waals surface area contributed by atoms with Gasteiger partial charge in [0.2, 0.25) is 5.82 Å². The molecule has 1 unspecified atom stereocenters. The molecule has 0 spiro atoms. The Bertz CT molecular complexity index is 408. The Balaban J connectivity index is 2.23. The highest BCUT2D eigenvalue weighted by molar-refractivity contribution is 5.85. The average molecular weight is 235 g/mol. The van der Waals surface area contributed by atoms with Crippen molar-refractivity contribution in [3.63, 3.8) is 0 Å². The quantitative estimate of drug-likeness (QED) is 0.729. The van der Waals surface area contributed by atoms with E-state index in [0.29, 0.717) is 6.04 Å². The Hall–Kier alpha value is -1.65. The zero-order valence-corrected chi connectivity index (χ0v) is 10.2. The Labute approximate surface area is 101 Å². The number of piperidine rings is 1. The van der Waals surface area contributed by atoms with E-state index < -0.39 is 5.97 Å². The highest BCUT2D eigenvalue weighted by Crippen LogP contribution is 2.22. The molecule has 2 heterocycles. The van der Waals surface area contributed by atoms with Crippen LogP contribution in [0.25, 0.3) is 0 Å². The van der Waals surface area contributed by atoms with Crippen molar-refractivity contribution in [1.29, 1.82) is 0 Å². The Morgan fingerprint density at radius 2 is 2.35 bits per heavy atom. The normalized spacial score (nSPS) is 20.1. The minimum atomic E-state index is -0.489. The standard InChI is InChI=1S/C12H17N3O2/c1-9-5-3-4-8-15(9)10-6-7-13-11(14-10)12(16)17-2/h6-7,9H,3-5,8H2,1-2H3. The molecule has 5 heteroatoms. The summed E-state index contributed by atoms with van der Waals surface area (Å²) < 4.78 is 4.62. The van der Waals surface area contributed by atoms with Crippen molar-refractivity contribution in [3.05, 3.63) is 18.1 Å². The third-order valence-electron chi connectivity index (χ3n) is 3.11. The number of ether oxygens (including phenoxy) is 1. The van der Waals surface area contributed by atoms with E-state index in [1.165, 1.54) is 20.0 Å². The number of hydrogen-bond acceptors (Lipinski definition) is 5. The summed E-state index contributed by atoms with van der Waals surface area (Å²) in [5, 5.41) is 0. The van der Waals surface area contributed by atoms with Crippen LogP contribution >= 0.6 is 0 Å². The first-order valence-corrected chi connectivity index (χ1v) is 5.90. The molecule has 0 saturated carbocycles. The summed E-state index contributed by atoms with van der Waals surface area (Å²) in [4.78, 5) is 21.8. The number of nitrogens with zero attached hydrogens (tertiary/aromatic N) is 3. The van der Waals surface area contributed by atoms with E-state index in [9.17, 15) is 4.79 Å². The maximum atomic E-state index is 11.4. The molecule has 0 aliphatic carbocycles. The largest absolute Gasteiger partial charge is 0.463 e. The van der Waals surface area contributed by atoms with E-state index in [1.54, 1.807) is 6.20 Å². The van der Waals surface area contributed by atoms with E-state index >= 15 is 0 Å². The molecule has 2 rings (SSSR count). The molecule has 0 aromatic carbocycles. The second-order valence-electron chi connectivity index (χ2n) is 4.27. The molecule has 0 bridgehead atoms. The number of rotatable bonds is 2. The molecule has 1 aliphatic heterocycles. The molecule has 1 fully saturated rings. The van der Waals surface area contributed by atoms with Crippen LogP contribution in [0.2, 0.25) is 0 Å². The zero-order valence-electron chi connectivity index (χ0n) is 10.2. The van der Waals surface area contributed by atoms with Crippen LogP contribution < -0.4 is 4.90 Å². The van der Waals surface area contributed by atoms with Gasteiger partial charge in [-0.05, 0) is 32.3 Å². The molecule has 1 aliphatic rings. The van der Waals surface area contributed by atoms with Crippen molar-refractivity contribution < 1.29 is 9.53 Å². The van der Waals surface area contributed by atoms with Gasteiger partial charge in [0, 0.05) is 18.8 Å². The van der Waals surface area contributed by atoms with Crippen molar-refractivity contribution in [2.45, 2.75) is 32.2 Å². The van der Waals surface area contributed by atoms with Gasteiger partial charge in [0.25, 0.3) is 0 Å². The van der Waals surface area contributed by atoms with Gasteiger partial charge in [-0.1, -0.05) is 0 Å². The van der Waals surface area contributed by atoms with Crippen LogP contribution in [0.4, 0.5) is 5.82 Å². The van der Waals surface area contributed by atoms with E-state index in [0.717, 1.165) is 18.8 Å². The topological polar surface area (TPSA) is 55.3 Å². The molecule has 1 aromatic heterocycles. The van der Waals surface area contributed by atoms with E-state index in [1.807, 2.05) is 6.07 Å². The molecule has 0 N–H and O–H groups in total. The molecule has 92 valence electrons. The Kier molecular flexibility index (Phi) is 3.56. The lowest BCUT2D eigenvalue weighted by Crippen LogP contribution is -2.38. The number of carbonyl (C=O) groups excluding carboxylic acids is 1. The lowest BCUT2D eigenvalue weighted by Gasteiger charge is -2.34. The van der Waals surface area contributed by atoms with Crippen LogP contribution in [0.15, 0.2) is 12.3 Å². The van der Waals surface area contributed by atoms with E-state index in [2.05, 4.69) is 26.5 Å². The summed E-state index contributed by atoms with van der Waals surface area (Å²) in [7, 11) is 1.34. The fraction of sp³-hybridized carbons (Fsp3) is 0.583. The first kappa shape index (κ1) is 11.8. The fourth-order valence-electron chi connectivity index (χ4n) is 2.14. The second-order valence-corrected chi connectivity index (χ2v) is 4.27. The van der Waals surface area contributed by atoms with Crippen LogP contribution in [0.1, 0.15) is 36.8 Å². The van der Waals surface area contributed by atoms with Crippen LogP contribution in [0.5, 0.6) is 0 Å². The second kappa shape index (κ2) is 5.12. The molecule has 17 heavy (non-hydrogen) atoms. The van der Waals surface area contributed by atoms with Crippen LogP contribution in [-0.4, -0.2) is 35.6 Å². The molecule has 1 saturated heterocycles. The van der Waals surface area contributed by atoms with Gasteiger partial charge in [0.15, 0.2) is 0 Å². The van der Waals surface area contributed by atoms with Crippen LogP contribution in [0.3, 0.4) is 0 Å². The Morgan fingerprint density at radius 3 is 3.06 bits per heavy atom. The van der Waals surface area contributed by atoms with Gasteiger partial charge < -0.3 is 9.64 Å². The van der Waals surface area contributed by atoms with Crippen molar-refractivity contribution >= 4 is 11.8 Å². The molecule has 0 radical (unpaired) electrons. The van der Waals surface area contributed by atoms with Crippen LogP contribution in [-0.2, 0) is 4.74 Å².